The van der Waals surface area contributed by atoms with Crippen molar-refractivity contribution in [3.63, 3.8) is 0 Å². The van der Waals surface area contributed by atoms with Gasteiger partial charge < -0.3 is 5.32 Å². The maximum absolute atomic E-state index is 4.35. The molecule has 2 heterocycles. The first kappa shape index (κ1) is 10.9. The molecular formula is C11H19N3S. The van der Waals surface area contributed by atoms with E-state index in [2.05, 4.69) is 30.5 Å². The van der Waals surface area contributed by atoms with E-state index in [0.29, 0.717) is 12.0 Å². The normalized spacial score (nSPS) is 21.1. The second kappa shape index (κ2) is 4.92. The molecule has 1 aliphatic rings. The molecule has 1 aromatic heterocycles. The average Bonchev–Trinajstić information content (AvgIpc) is 2.77. The number of hydrogen-bond donors (Lipinski definition) is 1. The fourth-order valence-corrected chi connectivity index (χ4v) is 2.95. The third kappa shape index (κ3) is 3.16. The summed E-state index contributed by atoms with van der Waals surface area (Å²) in [7, 11) is 0. The number of thioether (sulfide) groups is 1. The second-order valence-corrected chi connectivity index (χ2v) is 5.70. The SMILES string of the molecule is CC(C)Cn1cc(N[C@H]2CCSC2)cn1. The molecule has 1 aliphatic heterocycles. The molecule has 1 atom stereocenters. The molecule has 15 heavy (non-hydrogen) atoms. The van der Waals surface area contributed by atoms with Crippen LogP contribution in [0.1, 0.15) is 20.3 Å². The molecule has 0 bridgehead atoms. The molecule has 0 aromatic carbocycles. The Morgan fingerprint density at radius 1 is 1.67 bits per heavy atom. The van der Waals surface area contributed by atoms with Crippen molar-refractivity contribution in [2.24, 2.45) is 5.92 Å². The maximum atomic E-state index is 4.35. The predicted molar refractivity (Wildman–Crippen MR) is 66.4 cm³/mol. The Kier molecular flexibility index (Phi) is 3.57. The molecule has 3 nitrogen and oxygen atoms in total. The lowest BCUT2D eigenvalue weighted by Gasteiger charge is -2.09. The smallest absolute Gasteiger partial charge is 0.0728 e. The van der Waals surface area contributed by atoms with Gasteiger partial charge in [-0.25, -0.2) is 0 Å². The molecule has 0 spiro atoms. The van der Waals surface area contributed by atoms with Crippen LogP contribution in [0.3, 0.4) is 0 Å². The van der Waals surface area contributed by atoms with E-state index in [-0.39, 0.29) is 0 Å². The van der Waals surface area contributed by atoms with Gasteiger partial charge in [0.25, 0.3) is 0 Å². The topological polar surface area (TPSA) is 29.9 Å². The van der Waals surface area contributed by atoms with E-state index in [1.165, 1.54) is 23.6 Å². The number of nitrogens with zero attached hydrogens (tertiary/aromatic N) is 2. The van der Waals surface area contributed by atoms with E-state index in [1.807, 2.05) is 22.6 Å². The summed E-state index contributed by atoms with van der Waals surface area (Å²) in [5, 5.41) is 7.88. The van der Waals surface area contributed by atoms with Gasteiger partial charge in [0.1, 0.15) is 0 Å². The highest BCUT2D eigenvalue weighted by Crippen LogP contribution is 2.21. The minimum absolute atomic E-state index is 0.645. The minimum atomic E-state index is 0.645. The standard InChI is InChI=1S/C11H19N3S/c1-9(2)6-14-7-11(5-12-14)13-10-3-4-15-8-10/h5,7,9-10,13H,3-4,6,8H2,1-2H3/t10-/m0/s1. The first-order valence-corrected chi connectivity index (χ1v) is 6.76. The van der Waals surface area contributed by atoms with Crippen LogP contribution in [-0.4, -0.2) is 27.3 Å². The van der Waals surface area contributed by atoms with Crippen LogP contribution in [0.25, 0.3) is 0 Å². The lowest BCUT2D eigenvalue weighted by atomic mass is 10.2. The van der Waals surface area contributed by atoms with Crippen LogP contribution in [0, 0.1) is 5.92 Å². The van der Waals surface area contributed by atoms with E-state index in [1.54, 1.807) is 0 Å². The second-order valence-electron chi connectivity index (χ2n) is 4.55. The summed E-state index contributed by atoms with van der Waals surface area (Å²) in [5.41, 5.74) is 1.17. The van der Waals surface area contributed by atoms with Crippen molar-refractivity contribution in [2.45, 2.75) is 32.9 Å². The molecule has 1 N–H and O–H groups in total. The molecule has 0 radical (unpaired) electrons. The van der Waals surface area contributed by atoms with Crippen LogP contribution in [0.4, 0.5) is 5.69 Å². The Bertz CT molecular complexity index is 303. The maximum Gasteiger partial charge on any atom is 0.0728 e. The molecule has 1 saturated heterocycles. The highest BCUT2D eigenvalue weighted by atomic mass is 32.2. The Morgan fingerprint density at radius 3 is 3.20 bits per heavy atom. The number of rotatable bonds is 4. The van der Waals surface area contributed by atoms with Crippen molar-refractivity contribution in [3.8, 4) is 0 Å². The first-order chi connectivity index (χ1) is 7.24. The first-order valence-electron chi connectivity index (χ1n) is 5.61. The summed E-state index contributed by atoms with van der Waals surface area (Å²) >= 11 is 2.03. The van der Waals surface area contributed by atoms with Crippen LogP contribution in [0.15, 0.2) is 12.4 Å². The number of anilines is 1. The third-order valence-electron chi connectivity index (χ3n) is 2.49. The van der Waals surface area contributed by atoms with E-state index in [4.69, 9.17) is 0 Å². The highest BCUT2D eigenvalue weighted by Gasteiger charge is 2.15. The van der Waals surface area contributed by atoms with Gasteiger partial charge in [-0.15, -0.1) is 0 Å². The summed E-state index contributed by atoms with van der Waals surface area (Å²) in [6, 6.07) is 0.645. The molecule has 1 aromatic rings. The Morgan fingerprint density at radius 2 is 2.53 bits per heavy atom. The molecule has 0 saturated carbocycles. The Balaban J connectivity index is 1.88. The molecule has 4 heteroatoms. The summed E-state index contributed by atoms with van der Waals surface area (Å²) in [5.74, 6) is 3.17. The molecular weight excluding hydrogens is 206 g/mol. The van der Waals surface area contributed by atoms with Crippen molar-refractivity contribution < 1.29 is 0 Å². The van der Waals surface area contributed by atoms with Crippen molar-refractivity contribution in [2.75, 3.05) is 16.8 Å². The lowest BCUT2D eigenvalue weighted by Crippen LogP contribution is -2.17. The van der Waals surface area contributed by atoms with Gasteiger partial charge in [-0.2, -0.15) is 16.9 Å². The van der Waals surface area contributed by atoms with Crippen molar-refractivity contribution in [1.29, 1.82) is 0 Å². The monoisotopic (exact) mass is 225 g/mol. The van der Waals surface area contributed by atoms with E-state index < -0.39 is 0 Å². The molecule has 0 unspecified atom stereocenters. The molecule has 84 valence electrons. The van der Waals surface area contributed by atoms with Gasteiger partial charge in [0.2, 0.25) is 0 Å². The molecule has 0 aliphatic carbocycles. The minimum Gasteiger partial charge on any atom is -0.379 e. The Hall–Kier alpha value is -0.640. The van der Waals surface area contributed by atoms with Crippen LogP contribution >= 0.6 is 11.8 Å². The summed E-state index contributed by atoms with van der Waals surface area (Å²) in [4.78, 5) is 0. The lowest BCUT2D eigenvalue weighted by molar-refractivity contribution is 0.483. The zero-order valence-electron chi connectivity index (χ0n) is 9.44. The van der Waals surface area contributed by atoms with Crippen LogP contribution < -0.4 is 5.32 Å². The highest BCUT2D eigenvalue weighted by molar-refractivity contribution is 7.99. The van der Waals surface area contributed by atoms with Gasteiger partial charge in [0, 0.05) is 24.5 Å². The van der Waals surface area contributed by atoms with Crippen LogP contribution in [0.5, 0.6) is 0 Å². The summed E-state index contributed by atoms with van der Waals surface area (Å²) in [6.07, 6.45) is 5.33. The van der Waals surface area contributed by atoms with Crippen molar-refractivity contribution >= 4 is 17.4 Å². The third-order valence-corrected chi connectivity index (χ3v) is 3.65. The molecule has 0 amide bonds. The average molecular weight is 225 g/mol. The van der Waals surface area contributed by atoms with E-state index in [9.17, 15) is 0 Å². The fourth-order valence-electron chi connectivity index (χ4n) is 1.80. The zero-order chi connectivity index (χ0) is 10.7. The largest absolute Gasteiger partial charge is 0.379 e. The summed E-state index contributed by atoms with van der Waals surface area (Å²) < 4.78 is 2.02. The van der Waals surface area contributed by atoms with Gasteiger partial charge >= 0.3 is 0 Å². The van der Waals surface area contributed by atoms with Gasteiger partial charge in [-0.1, -0.05) is 13.8 Å². The molecule has 1 fully saturated rings. The summed E-state index contributed by atoms with van der Waals surface area (Å²) in [6.45, 7) is 5.42. The van der Waals surface area contributed by atoms with Crippen molar-refractivity contribution in [3.05, 3.63) is 12.4 Å². The Labute approximate surface area is 95.6 Å². The van der Waals surface area contributed by atoms with E-state index >= 15 is 0 Å². The van der Waals surface area contributed by atoms with Crippen LogP contribution in [0.2, 0.25) is 0 Å². The quantitative estimate of drug-likeness (QED) is 0.853. The number of hydrogen-bond acceptors (Lipinski definition) is 3. The number of aromatic nitrogens is 2. The fraction of sp³-hybridized carbons (Fsp3) is 0.727. The van der Waals surface area contributed by atoms with E-state index in [0.717, 1.165) is 6.54 Å². The van der Waals surface area contributed by atoms with Gasteiger partial charge in [-0.3, -0.25) is 4.68 Å². The van der Waals surface area contributed by atoms with Gasteiger partial charge in [0.05, 0.1) is 11.9 Å². The predicted octanol–water partition coefficient (Wildman–Crippen LogP) is 2.46. The van der Waals surface area contributed by atoms with Gasteiger partial charge in [-0.05, 0) is 18.1 Å². The molecule has 2 rings (SSSR count). The van der Waals surface area contributed by atoms with Crippen LogP contribution in [-0.2, 0) is 6.54 Å². The van der Waals surface area contributed by atoms with Gasteiger partial charge in [0.15, 0.2) is 0 Å². The number of nitrogens with one attached hydrogen (secondary N) is 1. The van der Waals surface area contributed by atoms with Crippen molar-refractivity contribution in [1.82, 2.24) is 9.78 Å². The zero-order valence-corrected chi connectivity index (χ0v) is 10.3.